The molecule has 0 amide bonds. The van der Waals surface area contributed by atoms with Crippen molar-refractivity contribution in [2.45, 2.75) is 44.4 Å². The van der Waals surface area contributed by atoms with Gasteiger partial charge in [0, 0.05) is 27.5 Å². The first-order valence-electron chi connectivity index (χ1n) is 10.5. The molecular weight excluding hydrogens is 495 g/mol. The van der Waals surface area contributed by atoms with E-state index in [0.717, 1.165) is 46.6 Å². The Hall–Kier alpha value is -1.89. The summed E-state index contributed by atoms with van der Waals surface area (Å²) in [7, 11) is 0. The van der Waals surface area contributed by atoms with Crippen LogP contribution in [0.2, 0.25) is 0 Å². The predicted molar refractivity (Wildman–Crippen MR) is 121 cm³/mol. The fourth-order valence-corrected chi connectivity index (χ4v) is 5.78. The van der Waals surface area contributed by atoms with Crippen molar-refractivity contribution in [2.24, 2.45) is 11.3 Å². The van der Waals surface area contributed by atoms with Crippen molar-refractivity contribution in [3.63, 3.8) is 0 Å². The first-order valence-corrected chi connectivity index (χ1v) is 11.5. The monoisotopic (exact) mass is 517 g/mol. The van der Waals surface area contributed by atoms with Gasteiger partial charge in [-0.2, -0.15) is 0 Å². The Bertz CT molecular complexity index is 1140. The number of benzene rings is 2. The summed E-state index contributed by atoms with van der Waals surface area (Å²) in [4.78, 5) is 17.2. The quantitative estimate of drug-likeness (QED) is 0.366. The van der Waals surface area contributed by atoms with Crippen molar-refractivity contribution in [1.82, 2.24) is 4.98 Å². The number of halogens is 3. The molecule has 5 rings (SSSR count). The number of pyridine rings is 1. The Morgan fingerprint density at radius 2 is 1.90 bits per heavy atom. The van der Waals surface area contributed by atoms with E-state index >= 15 is 0 Å². The summed E-state index contributed by atoms with van der Waals surface area (Å²) < 4.78 is 28.8. The van der Waals surface area contributed by atoms with Crippen LogP contribution in [0.25, 0.3) is 10.9 Å². The number of hydrogen-bond acceptors (Lipinski definition) is 2. The molecule has 2 aromatic carbocycles. The molecule has 0 unspecified atom stereocenters. The maximum atomic E-state index is 14.1. The van der Waals surface area contributed by atoms with Crippen LogP contribution < -0.4 is 0 Å². The molecule has 2 nitrogen and oxygen atoms in total. The second-order valence-electron chi connectivity index (χ2n) is 8.83. The van der Waals surface area contributed by atoms with Crippen LogP contribution in [0, 0.1) is 26.5 Å². The number of Topliss-reactive ketones (excluding diaryl/α,β-unsaturated/α-hetero) is 1. The predicted octanol–water partition coefficient (Wildman–Crippen LogP) is 6.59. The number of ketones is 1. The Kier molecular flexibility index (Phi) is 5.12. The third-order valence-corrected chi connectivity index (χ3v) is 7.79. The number of rotatable bonds is 4. The van der Waals surface area contributed by atoms with Crippen LogP contribution in [0.4, 0.5) is 8.78 Å². The highest BCUT2D eigenvalue weighted by molar-refractivity contribution is 14.1. The zero-order valence-electron chi connectivity index (χ0n) is 16.5. The maximum Gasteiger partial charge on any atom is 0.141 e. The molecule has 5 heteroatoms. The Morgan fingerprint density at radius 3 is 2.67 bits per heavy atom. The van der Waals surface area contributed by atoms with Crippen molar-refractivity contribution in [2.75, 3.05) is 0 Å². The van der Waals surface area contributed by atoms with Crippen LogP contribution in [0.5, 0.6) is 0 Å². The highest BCUT2D eigenvalue weighted by Gasteiger charge is 2.57. The summed E-state index contributed by atoms with van der Waals surface area (Å²) in [5, 5.41) is 0.899. The molecule has 2 aliphatic carbocycles. The van der Waals surface area contributed by atoms with Crippen LogP contribution in [-0.2, 0) is 11.2 Å². The van der Waals surface area contributed by atoms with Gasteiger partial charge in [-0.25, -0.2) is 8.78 Å². The van der Waals surface area contributed by atoms with Crippen molar-refractivity contribution < 1.29 is 13.6 Å². The van der Waals surface area contributed by atoms with E-state index in [1.165, 1.54) is 17.7 Å². The molecule has 0 saturated heterocycles. The lowest BCUT2D eigenvalue weighted by molar-refractivity contribution is -0.120. The highest BCUT2D eigenvalue weighted by Crippen LogP contribution is 2.63. The van der Waals surface area contributed by atoms with Crippen LogP contribution >= 0.6 is 22.6 Å². The van der Waals surface area contributed by atoms with Gasteiger partial charge < -0.3 is 0 Å². The fourth-order valence-electron chi connectivity index (χ4n) is 5.33. The highest BCUT2D eigenvalue weighted by atomic mass is 127. The fraction of sp³-hybridized carbons (Fsp3) is 0.360. The normalized spacial score (nSPS) is 25.6. The number of nitrogens with zero attached hydrogens (tertiary/aromatic N) is 1. The summed E-state index contributed by atoms with van der Waals surface area (Å²) in [5.74, 6) is 0.0758. The number of hydrogen-bond donors (Lipinski definition) is 0. The molecular formula is C25H22F2INO. The van der Waals surface area contributed by atoms with Crippen LogP contribution in [-0.4, -0.2) is 10.8 Å². The second-order valence-corrected chi connectivity index (χ2v) is 10.1. The lowest BCUT2D eigenvalue weighted by Crippen LogP contribution is -2.20. The maximum absolute atomic E-state index is 14.1. The summed E-state index contributed by atoms with van der Waals surface area (Å²) >= 11 is 2.08. The molecule has 0 N–H and O–H groups in total. The van der Waals surface area contributed by atoms with E-state index in [-0.39, 0.29) is 35.2 Å². The van der Waals surface area contributed by atoms with E-state index in [4.69, 9.17) is 0 Å². The van der Waals surface area contributed by atoms with Gasteiger partial charge in [-0.15, -0.1) is 0 Å². The number of carbonyl (C=O) groups excluding carboxylic acids is 1. The molecule has 2 fully saturated rings. The van der Waals surface area contributed by atoms with Crippen molar-refractivity contribution in [1.29, 1.82) is 0 Å². The average molecular weight is 517 g/mol. The van der Waals surface area contributed by atoms with Gasteiger partial charge in [0.05, 0.1) is 5.52 Å². The first-order chi connectivity index (χ1) is 14.4. The number of fused-ring (bicyclic) bond motifs is 1. The van der Waals surface area contributed by atoms with Crippen molar-refractivity contribution in [3.05, 3.63) is 75.0 Å². The lowest BCUT2D eigenvalue weighted by Gasteiger charge is -2.30. The van der Waals surface area contributed by atoms with Gasteiger partial charge >= 0.3 is 0 Å². The molecule has 2 aliphatic rings. The van der Waals surface area contributed by atoms with Crippen molar-refractivity contribution in [3.8, 4) is 0 Å². The van der Waals surface area contributed by atoms with Gasteiger partial charge in [0.2, 0.25) is 0 Å². The molecule has 1 spiro atoms. The van der Waals surface area contributed by atoms with Crippen LogP contribution in [0.15, 0.2) is 48.7 Å². The van der Waals surface area contributed by atoms with Gasteiger partial charge in [-0.1, -0.05) is 6.07 Å². The van der Waals surface area contributed by atoms with Gasteiger partial charge in [0.1, 0.15) is 17.4 Å². The van der Waals surface area contributed by atoms with Crippen LogP contribution in [0.1, 0.15) is 49.1 Å². The summed E-state index contributed by atoms with van der Waals surface area (Å²) in [6.45, 7) is 0. The van der Waals surface area contributed by atoms with E-state index in [9.17, 15) is 13.6 Å². The molecule has 1 aromatic heterocycles. The summed E-state index contributed by atoms with van der Waals surface area (Å²) in [6, 6.07) is 11.8. The summed E-state index contributed by atoms with van der Waals surface area (Å²) in [6.07, 6.45) is 6.92. The van der Waals surface area contributed by atoms with Gasteiger partial charge in [0.15, 0.2) is 0 Å². The standard InChI is InChI=1S/C25H22F2INO/c26-17-2-4-23-20(12-17)19(7-10-29-23)15-5-8-25(9-6-15)14-21(25)24(30)11-16-1-3-18(28)13-22(16)27/h1-4,7,10,12-13,15,21H,5-6,8-9,11,14H2/t15?,21-,25?/m1/s1. The molecule has 2 saturated carbocycles. The topological polar surface area (TPSA) is 30.0 Å². The Balaban J connectivity index is 1.27. The minimum absolute atomic E-state index is 0.0590. The van der Waals surface area contributed by atoms with Gasteiger partial charge in [0.25, 0.3) is 0 Å². The minimum atomic E-state index is -0.287. The van der Waals surface area contributed by atoms with E-state index < -0.39 is 0 Å². The minimum Gasteiger partial charge on any atom is -0.299 e. The molecule has 0 aliphatic heterocycles. The Labute approximate surface area is 188 Å². The number of carbonyl (C=O) groups is 1. The molecule has 1 atom stereocenters. The smallest absolute Gasteiger partial charge is 0.141 e. The Morgan fingerprint density at radius 1 is 1.10 bits per heavy atom. The van der Waals surface area contributed by atoms with Gasteiger partial charge in [-0.3, -0.25) is 9.78 Å². The molecule has 30 heavy (non-hydrogen) atoms. The zero-order chi connectivity index (χ0) is 20.9. The lowest BCUT2D eigenvalue weighted by atomic mass is 9.74. The van der Waals surface area contributed by atoms with E-state index in [1.54, 1.807) is 24.4 Å². The van der Waals surface area contributed by atoms with E-state index in [2.05, 4.69) is 27.6 Å². The molecule has 0 bridgehead atoms. The number of aromatic nitrogens is 1. The largest absolute Gasteiger partial charge is 0.299 e. The van der Waals surface area contributed by atoms with Gasteiger partial charge in [-0.05, 0) is 114 Å². The molecule has 154 valence electrons. The SMILES string of the molecule is O=C(Cc1ccc(I)cc1F)[C@H]1CC12CCC(c1ccnc3ccc(F)cc13)CC2. The zero-order valence-corrected chi connectivity index (χ0v) is 18.7. The average Bonchev–Trinajstić information content (AvgIpc) is 3.44. The molecule has 1 heterocycles. The molecule has 0 radical (unpaired) electrons. The van der Waals surface area contributed by atoms with E-state index in [0.29, 0.717) is 11.5 Å². The first kappa shape index (κ1) is 20.0. The third-order valence-electron chi connectivity index (χ3n) is 7.12. The third kappa shape index (κ3) is 3.66. The molecule has 3 aromatic rings. The summed E-state index contributed by atoms with van der Waals surface area (Å²) in [5.41, 5.74) is 2.59. The van der Waals surface area contributed by atoms with Crippen molar-refractivity contribution >= 4 is 39.3 Å². The van der Waals surface area contributed by atoms with E-state index in [1.807, 2.05) is 12.1 Å². The van der Waals surface area contributed by atoms with Crippen LogP contribution in [0.3, 0.4) is 0 Å². The second kappa shape index (κ2) is 7.66.